The van der Waals surface area contributed by atoms with Crippen LogP contribution in [0, 0.1) is 0 Å². The topological polar surface area (TPSA) is 9.23 Å². The summed E-state index contributed by atoms with van der Waals surface area (Å²) in [5, 5.41) is 0.786. The molecule has 0 aliphatic carbocycles. The minimum absolute atomic E-state index is 0.743. The first kappa shape index (κ1) is 12.0. The van der Waals surface area contributed by atoms with E-state index in [4.69, 9.17) is 16.3 Å². The van der Waals surface area contributed by atoms with Gasteiger partial charge in [-0.1, -0.05) is 41.9 Å². The highest BCUT2D eigenvalue weighted by Gasteiger charge is 1.95. The molecule has 0 N–H and O–H groups in total. The maximum absolute atomic E-state index is 5.83. The molecule has 0 saturated carbocycles. The fourth-order valence-electron chi connectivity index (χ4n) is 1.63. The van der Waals surface area contributed by atoms with Gasteiger partial charge in [-0.15, -0.1) is 0 Å². The predicted molar refractivity (Wildman–Crippen MR) is 71.7 cm³/mol. The van der Waals surface area contributed by atoms with Crippen molar-refractivity contribution in [1.29, 1.82) is 0 Å². The van der Waals surface area contributed by atoms with Crippen molar-refractivity contribution < 1.29 is 4.74 Å². The molecule has 1 nitrogen and oxygen atoms in total. The van der Waals surface area contributed by atoms with Crippen LogP contribution in [-0.2, 0) is 6.42 Å². The van der Waals surface area contributed by atoms with Crippen LogP contribution in [-0.4, -0.2) is 6.61 Å². The second-order valence-electron chi connectivity index (χ2n) is 3.89. The molecule has 2 rings (SSSR count). The number of para-hydroxylation sites is 1. The molecule has 0 bridgehead atoms. The normalized spacial score (nSPS) is 10.2. The lowest BCUT2D eigenvalue weighted by Gasteiger charge is -2.05. The minimum atomic E-state index is 0.743. The Labute approximate surface area is 107 Å². The molecular weight excluding hydrogens is 232 g/mol. The molecule has 2 heteroatoms. The van der Waals surface area contributed by atoms with E-state index in [1.165, 1.54) is 5.56 Å². The number of rotatable bonds is 5. The fraction of sp³-hybridized carbons (Fsp3) is 0.200. The smallest absolute Gasteiger partial charge is 0.119 e. The van der Waals surface area contributed by atoms with Crippen molar-refractivity contribution in [3.05, 3.63) is 65.2 Å². The summed E-state index contributed by atoms with van der Waals surface area (Å²) in [5.41, 5.74) is 1.30. The van der Waals surface area contributed by atoms with Crippen molar-refractivity contribution in [3.8, 4) is 5.75 Å². The van der Waals surface area contributed by atoms with E-state index in [9.17, 15) is 0 Å². The van der Waals surface area contributed by atoms with E-state index in [2.05, 4.69) is 12.1 Å². The Hall–Kier alpha value is -1.47. The first-order valence-corrected chi connectivity index (χ1v) is 6.15. The zero-order valence-electron chi connectivity index (χ0n) is 9.60. The molecule has 0 atom stereocenters. The van der Waals surface area contributed by atoms with Gasteiger partial charge >= 0.3 is 0 Å². The van der Waals surface area contributed by atoms with Crippen LogP contribution in [0.15, 0.2) is 54.6 Å². The van der Waals surface area contributed by atoms with E-state index < -0.39 is 0 Å². The number of ether oxygens (including phenoxy) is 1. The summed E-state index contributed by atoms with van der Waals surface area (Å²) in [6, 6.07) is 17.9. The maximum atomic E-state index is 5.83. The molecule has 0 aromatic heterocycles. The van der Waals surface area contributed by atoms with Gasteiger partial charge < -0.3 is 4.74 Å². The first-order valence-electron chi connectivity index (χ1n) is 5.77. The zero-order valence-corrected chi connectivity index (χ0v) is 10.4. The summed E-state index contributed by atoms with van der Waals surface area (Å²) < 4.78 is 5.63. The van der Waals surface area contributed by atoms with E-state index in [1.807, 2.05) is 42.5 Å². The highest BCUT2D eigenvalue weighted by molar-refractivity contribution is 6.30. The molecule has 0 spiro atoms. The maximum Gasteiger partial charge on any atom is 0.119 e. The van der Waals surface area contributed by atoms with Gasteiger partial charge in [-0.25, -0.2) is 0 Å². The van der Waals surface area contributed by atoms with Crippen molar-refractivity contribution >= 4 is 11.6 Å². The van der Waals surface area contributed by atoms with E-state index in [0.29, 0.717) is 0 Å². The zero-order chi connectivity index (χ0) is 11.9. The lowest BCUT2D eigenvalue weighted by atomic mass is 10.1. The largest absolute Gasteiger partial charge is 0.494 e. The monoisotopic (exact) mass is 246 g/mol. The van der Waals surface area contributed by atoms with Gasteiger partial charge in [0, 0.05) is 5.02 Å². The van der Waals surface area contributed by atoms with Crippen LogP contribution < -0.4 is 4.74 Å². The number of hydrogen-bond acceptors (Lipinski definition) is 1. The molecule has 0 aliphatic heterocycles. The van der Waals surface area contributed by atoms with Gasteiger partial charge in [-0.05, 0) is 42.7 Å². The van der Waals surface area contributed by atoms with Gasteiger partial charge in [0.1, 0.15) is 5.75 Å². The highest BCUT2D eigenvalue weighted by Crippen LogP contribution is 2.12. The number of benzene rings is 2. The Morgan fingerprint density at radius 3 is 2.29 bits per heavy atom. The first-order chi connectivity index (χ1) is 8.34. The third-order valence-electron chi connectivity index (χ3n) is 2.53. The summed E-state index contributed by atoms with van der Waals surface area (Å²) in [4.78, 5) is 0. The minimum Gasteiger partial charge on any atom is -0.494 e. The highest BCUT2D eigenvalue weighted by atomic mass is 35.5. The Bertz CT molecular complexity index is 436. The van der Waals surface area contributed by atoms with E-state index >= 15 is 0 Å². The van der Waals surface area contributed by atoms with Gasteiger partial charge in [-0.3, -0.25) is 0 Å². The molecule has 17 heavy (non-hydrogen) atoms. The quantitative estimate of drug-likeness (QED) is 0.713. The number of hydrogen-bond donors (Lipinski definition) is 0. The Morgan fingerprint density at radius 2 is 1.59 bits per heavy atom. The Kier molecular flexibility index (Phi) is 4.45. The van der Waals surface area contributed by atoms with E-state index in [0.717, 1.165) is 30.2 Å². The van der Waals surface area contributed by atoms with E-state index in [-0.39, 0.29) is 0 Å². The van der Waals surface area contributed by atoms with Crippen molar-refractivity contribution in [3.63, 3.8) is 0 Å². The summed E-state index contributed by atoms with van der Waals surface area (Å²) in [7, 11) is 0. The average Bonchev–Trinajstić information content (AvgIpc) is 2.38. The fourth-order valence-corrected chi connectivity index (χ4v) is 1.76. The summed E-state index contributed by atoms with van der Waals surface area (Å²) in [6.45, 7) is 0.743. The third-order valence-corrected chi connectivity index (χ3v) is 2.79. The molecule has 88 valence electrons. The van der Waals surface area contributed by atoms with Gasteiger partial charge in [0.05, 0.1) is 6.61 Å². The van der Waals surface area contributed by atoms with Gasteiger partial charge in [0.25, 0.3) is 0 Å². The second kappa shape index (κ2) is 6.31. The van der Waals surface area contributed by atoms with Crippen LogP contribution in [0.25, 0.3) is 0 Å². The van der Waals surface area contributed by atoms with Crippen LogP contribution in [0.4, 0.5) is 0 Å². The summed E-state index contributed by atoms with van der Waals surface area (Å²) in [5.74, 6) is 0.934. The van der Waals surface area contributed by atoms with Crippen molar-refractivity contribution in [2.24, 2.45) is 0 Å². The Morgan fingerprint density at radius 1 is 0.882 bits per heavy atom. The summed E-state index contributed by atoms with van der Waals surface area (Å²) in [6.07, 6.45) is 2.03. The van der Waals surface area contributed by atoms with Gasteiger partial charge in [0.2, 0.25) is 0 Å². The van der Waals surface area contributed by atoms with Crippen LogP contribution in [0.5, 0.6) is 5.75 Å². The lowest BCUT2D eigenvalue weighted by molar-refractivity contribution is 0.311. The number of aryl methyl sites for hydroxylation is 1. The summed E-state index contributed by atoms with van der Waals surface area (Å²) >= 11 is 5.83. The van der Waals surface area contributed by atoms with Gasteiger partial charge in [-0.2, -0.15) is 0 Å². The molecule has 0 heterocycles. The molecule has 0 radical (unpaired) electrons. The molecule has 2 aromatic rings. The predicted octanol–water partition coefficient (Wildman–Crippen LogP) is 4.35. The van der Waals surface area contributed by atoms with E-state index in [1.54, 1.807) is 0 Å². The third kappa shape index (κ3) is 4.12. The van der Waals surface area contributed by atoms with Gasteiger partial charge in [0.15, 0.2) is 0 Å². The van der Waals surface area contributed by atoms with Crippen molar-refractivity contribution in [2.45, 2.75) is 12.8 Å². The van der Waals surface area contributed by atoms with Crippen LogP contribution in [0.3, 0.4) is 0 Å². The second-order valence-corrected chi connectivity index (χ2v) is 4.33. The molecule has 0 fully saturated rings. The molecule has 0 unspecified atom stereocenters. The van der Waals surface area contributed by atoms with Crippen LogP contribution >= 0.6 is 11.6 Å². The van der Waals surface area contributed by atoms with Crippen molar-refractivity contribution in [2.75, 3.05) is 6.61 Å². The Balaban J connectivity index is 1.71. The number of halogens is 1. The average molecular weight is 247 g/mol. The molecule has 0 amide bonds. The standard InChI is InChI=1S/C15H15ClO/c16-14-10-8-13(9-11-14)5-4-12-17-15-6-2-1-3-7-15/h1-3,6-11H,4-5,12H2. The SMILES string of the molecule is Clc1ccc(CCCOc2ccccc2)cc1. The van der Waals surface area contributed by atoms with Crippen LogP contribution in [0.1, 0.15) is 12.0 Å². The molecule has 0 aliphatic rings. The molecule has 2 aromatic carbocycles. The van der Waals surface area contributed by atoms with Crippen molar-refractivity contribution in [1.82, 2.24) is 0 Å². The van der Waals surface area contributed by atoms with Crippen LogP contribution in [0.2, 0.25) is 5.02 Å². The molecular formula is C15H15ClO. The lowest BCUT2D eigenvalue weighted by Crippen LogP contribution is -1.99. The molecule has 0 saturated heterocycles.